The molecule has 28 heavy (non-hydrogen) atoms. The third-order valence-electron chi connectivity index (χ3n) is 4.58. The molecular formula is C22H15ClN2O3. The third kappa shape index (κ3) is 3.17. The van der Waals surface area contributed by atoms with Crippen molar-refractivity contribution >= 4 is 28.4 Å². The Bertz CT molecular complexity index is 1140. The number of pyridine rings is 1. The summed E-state index contributed by atoms with van der Waals surface area (Å²) in [6.07, 6.45) is 3.42. The minimum absolute atomic E-state index is 0.0186. The van der Waals surface area contributed by atoms with Crippen LogP contribution in [-0.2, 0) is 6.61 Å². The molecule has 0 aliphatic carbocycles. The molecule has 2 aromatic carbocycles. The second-order valence-electron chi connectivity index (χ2n) is 6.23. The summed E-state index contributed by atoms with van der Waals surface area (Å²) in [4.78, 5) is 15.3. The number of aromatic nitrogens is 1. The molecule has 3 aromatic rings. The van der Waals surface area contributed by atoms with Crippen LogP contribution in [0, 0.1) is 10.1 Å². The van der Waals surface area contributed by atoms with Crippen LogP contribution in [0.25, 0.3) is 11.1 Å². The van der Waals surface area contributed by atoms with Gasteiger partial charge in [0.15, 0.2) is 0 Å². The van der Waals surface area contributed by atoms with Crippen LogP contribution in [0.4, 0.5) is 5.69 Å². The Labute approximate surface area is 166 Å². The second-order valence-corrected chi connectivity index (χ2v) is 6.66. The van der Waals surface area contributed by atoms with Crippen molar-refractivity contribution < 1.29 is 9.66 Å². The lowest BCUT2D eigenvalue weighted by Gasteiger charge is -2.15. The van der Waals surface area contributed by atoms with Crippen LogP contribution in [0.2, 0.25) is 5.02 Å². The molecule has 1 aliphatic heterocycles. The lowest BCUT2D eigenvalue weighted by atomic mass is 9.88. The number of hydrogen-bond donors (Lipinski definition) is 0. The summed E-state index contributed by atoms with van der Waals surface area (Å²) >= 11 is 6.17. The van der Waals surface area contributed by atoms with Crippen molar-refractivity contribution in [3.05, 3.63) is 111 Å². The Morgan fingerprint density at radius 1 is 1.18 bits per heavy atom. The van der Waals surface area contributed by atoms with Crippen molar-refractivity contribution in [2.45, 2.75) is 6.61 Å². The van der Waals surface area contributed by atoms with Gasteiger partial charge in [0, 0.05) is 40.1 Å². The van der Waals surface area contributed by atoms with Crippen molar-refractivity contribution in [3.63, 3.8) is 0 Å². The van der Waals surface area contributed by atoms with Gasteiger partial charge in [0.05, 0.1) is 10.6 Å². The summed E-state index contributed by atoms with van der Waals surface area (Å²) in [5, 5.41) is 11.8. The van der Waals surface area contributed by atoms with Crippen LogP contribution >= 0.6 is 11.6 Å². The SMILES string of the molecule is C=C/C(=C1\c2ccc(Cl)cc2OCc2ncccc21)c1cccc([N+](=O)[O-])c1. The molecule has 5 nitrogen and oxygen atoms in total. The summed E-state index contributed by atoms with van der Waals surface area (Å²) in [5.41, 5.74) is 4.81. The number of hydrogen-bond acceptors (Lipinski definition) is 4. The predicted molar refractivity (Wildman–Crippen MR) is 109 cm³/mol. The minimum atomic E-state index is -0.408. The fourth-order valence-corrected chi connectivity index (χ4v) is 3.50. The van der Waals surface area contributed by atoms with E-state index < -0.39 is 4.92 Å². The molecule has 0 spiro atoms. The molecule has 6 heteroatoms. The molecule has 0 atom stereocenters. The number of nitrogens with zero attached hydrogens (tertiary/aromatic N) is 2. The first-order chi connectivity index (χ1) is 13.6. The van der Waals surface area contributed by atoms with Crippen LogP contribution in [0.5, 0.6) is 5.75 Å². The van der Waals surface area contributed by atoms with Gasteiger partial charge in [-0.1, -0.05) is 42.5 Å². The summed E-state index contributed by atoms with van der Waals surface area (Å²) in [5.74, 6) is 0.630. The van der Waals surface area contributed by atoms with Crippen molar-refractivity contribution in [1.82, 2.24) is 4.98 Å². The summed E-state index contributed by atoms with van der Waals surface area (Å²) in [7, 11) is 0. The third-order valence-corrected chi connectivity index (χ3v) is 4.81. The largest absolute Gasteiger partial charge is 0.487 e. The number of rotatable bonds is 3. The first-order valence-corrected chi connectivity index (χ1v) is 8.95. The molecule has 0 saturated heterocycles. The standard InChI is InChI=1S/C22H15ClN2O3/c1-2-17(14-5-3-6-16(11-14)25(26)27)22-18-7-4-10-24-20(18)13-28-21-12-15(23)8-9-19(21)22/h2-12H,1,13H2/b22-17+. The number of benzene rings is 2. The van der Waals surface area contributed by atoms with E-state index in [0.717, 1.165) is 28.0 Å². The summed E-state index contributed by atoms with van der Waals surface area (Å²) in [6.45, 7) is 4.26. The quantitative estimate of drug-likeness (QED) is 0.426. The van der Waals surface area contributed by atoms with Gasteiger partial charge in [-0.2, -0.15) is 0 Å². The summed E-state index contributed by atoms with van der Waals surface area (Å²) in [6, 6.07) is 15.8. The molecule has 0 fully saturated rings. The van der Waals surface area contributed by atoms with Crippen LogP contribution in [-0.4, -0.2) is 9.91 Å². The fourth-order valence-electron chi connectivity index (χ4n) is 3.34. The Balaban J connectivity index is 2.07. The van der Waals surface area contributed by atoms with E-state index in [1.54, 1.807) is 36.5 Å². The predicted octanol–water partition coefficient (Wildman–Crippen LogP) is 5.68. The zero-order chi connectivity index (χ0) is 19.7. The van der Waals surface area contributed by atoms with E-state index in [0.29, 0.717) is 22.9 Å². The van der Waals surface area contributed by atoms with Crippen molar-refractivity contribution in [2.75, 3.05) is 0 Å². The van der Waals surface area contributed by atoms with E-state index in [1.165, 1.54) is 6.07 Å². The molecule has 2 heterocycles. The Kier molecular flexibility index (Phi) is 4.67. The fraction of sp³-hybridized carbons (Fsp3) is 0.0455. The number of nitro benzene ring substituents is 1. The number of ether oxygens (including phenoxy) is 1. The molecule has 4 rings (SSSR count). The van der Waals surface area contributed by atoms with Gasteiger partial charge < -0.3 is 4.74 Å². The highest BCUT2D eigenvalue weighted by Crippen LogP contribution is 2.42. The van der Waals surface area contributed by atoms with Crippen LogP contribution in [0.3, 0.4) is 0 Å². The number of halogens is 1. The van der Waals surface area contributed by atoms with Crippen LogP contribution < -0.4 is 4.74 Å². The number of non-ortho nitro benzene ring substituents is 1. The second kappa shape index (κ2) is 7.29. The maximum atomic E-state index is 11.2. The maximum Gasteiger partial charge on any atom is 0.270 e. The first kappa shape index (κ1) is 17.9. The van der Waals surface area contributed by atoms with E-state index in [9.17, 15) is 10.1 Å². The van der Waals surface area contributed by atoms with Gasteiger partial charge in [-0.3, -0.25) is 15.1 Å². The highest BCUT2D eigenvalue weighted by Gasteiger charge is 2.23. The van der Waals surface area contributed by atoms with E-state index in [-0.39, 0.29) is 5.69 Å². The summed E-state index contributed by atoms with van der Waals surface area (Å²) < 4.78 is 5.95. The average Bonchev–Trinajstić information content (AvgIpc) is 2.86. The van der Waals surface area contributed by atoms with Gasteiger partial charge in [-0.15, -0.1) is 0 Å². The molecule has 1 aromatic heterocycles. The molecule has 138 valence electrons. The molecule has 0 bridgehead atoms. The molecule has 0 saturated carbocycles. The van der Waals surface area contributed by atoms with E-state index >= 15 is 0 Å². The minimum Gasteiger partial charge on any atom is -0.487 e. The highest BCUT2D eigenvalue weighted by atomic mass is 35.5. The van der Waals surface area contributed by atoms with Gasteiger partial charge in [-0.05, 0) is 35.4 Å². The molecule has 1 aliphatic rings. The normalized spacial score (nSPS) is 14.2. The first-order valence-electron chi connectivity index (χ1n) is 8.57. The number of fused-ring (bicyclic) bond motifs is 2. The van der Waals surface area contributed by atoms with E-state index in [2.05, 4.69) is 11.6 Å². The molecule has 0 unspecified atom stereocenters. The van der Waals surface area contributed by atoms with E-state index in [1.807, 2.05) is 24.3 Å². The van der Waals surface area contributed by atoms with Gasteiger partial charge in [0.25, 0.3) is 5.69 Å². The number of nitro groups is 1. The maximum absolute atomic E-state index is 11.2. The Morgan fingerprint density at radius 2 is 2.04 bits per heavy atom. The topological polar surface area (TPSA) is 65.3 Å². The molecule has 0 radical (unpaired) electrons. The number of allylic oxidation sites excluding steroid dienone is 2. The Morgan fingerprint density at radius 3 is 2.82 bits per heavy atom. The van der Waals surface area contributed by atoms with E-state index in [4.69, 9.17) is 16.3 Å². The lowest BCUT2D eigenvalue weighted by Crippen LogP contribution is -1.99. The van der Waals surface area contributed by atoms with Crippen molar-refractivity contribution in [2.24, 2.45) is 0 Å². The smallest absolute Gasteiger partial charge is 0.270 e. The van der Waals surface area contributed by atoms with Gasteiger partial charge in [-0.25, -0.2) is 0 Å². The average molecular weight is 391 g/mol. The van der Waals surface area contributed by atoms with Crippen molar-refractivity contribution in [3.8, 4) is 5.75 Å². The van der Waals surface area contributed by atoms with Gasteiger partial charge >= 0.3 is 0 Å². The molecular weight excluding hydrogens is 376 g/mol. The van der Waals surface area contributed by atoms with Gasteiger partial charge in [0.2, 0.25) is 0 Å². The van der Waals surface area contributed by atoms with Crippen molar-refractivity contribution in [1.29, 1.82) is 0 Å². The van der Waals surface area contributed by atoms with Crippen LogP contribution in [0.1, 0.15) is 22.4 Å². The zero-order valence-corrected chi connectivity index (χ0v) is 15.5. The van der Waals surface area contributed by atoms with Gasteiger partial charge in [0.1, 0.15) is 12.4 Å². The lowest BCUT2D eigenvalue weighted by molar-refractivity contribution is -0.384. The zero-order valence-electron chi connectivity index (χ0n) is 14.8. The Hall–Kier alpha value is -3.44. The highest BCUT2D eigenvalue weighted by molar-refractivity contribution is 6.30. The molecule has 0 amide bonds. The monoisotopic (exact) mass is 390 g/mol. The van der Waals surface area contributed by atoms with Crippen LogP contribution in [0.15, 0.2) is 73.4 Å². The molecule has 0 N–H and O–H groups in total.